The first kappa shape index (κ1) is 17.2. The van der Waals surface area contributed by atoms with Gasteiger partial charge in [-0.15, -0.1) is 5.10 Å². The van der Waals surface area contributed by atoms with Gasteiger partial charge >= 0.3 is 0 Å². The number of aromatic nitrogens is 4. The molecule has 5 nitrogen and oxygen atoms in total. The van der Waals surface area contributed by atoms with E-state index in [0.29, 0.717) is 16.6 Å². The molecule has 0 atom stereocenters. The van der Waals surface area contributed by atoms with Gasteiger partial charge in [0, 0.05) is 34.5 Å². The number of hydrogen-bond donors (Lipinski definition) is 1. The molecule has 1 heterocycles. The van der Waals surface area contributed by atoms with Gasteiger partial charge in [-0.2, -0.15) is 4.68 Å². The van der Waals surface area contributed by atoms with E-state index in [1.807, 2.05) is 48.5 Å². The summed E-state index contributed by atoms with van der Waals surface area (Å²) in [6, 6.07) is 15.3. The van der Waals surface area contributed by atoms with E-state index in [0.717, 1.165) is 28.7 Å². The van der Waals surface area contributed by atoms with Crippen molar-refractivity contribution in [2.75, 3.05) is 12.3 Å². The Kier molecular flexibility index (Phi) is 6.09. The molecule has 24 heavy (non-hydrogen) atoms. The second kappa shape index (κ2) is 8.48. The molecular weight excluding hydrogens is 365 g/mol. The third-order valence-electron chi connectivity index (χ3n) is 3.32. The second-order valence-corrected chi connectivity index (χ2v) is 6.81. The van der Waals surface area contributed by atoms with Crippen molar-refractivity contribution >= 4 is 35.0 Å². The minimum atomic E-state index is 0.628. The van der Waals surface area contributed by atoms with E-state index in [9.17, 15) is 0 Å². The lowest BCUT2D eigenvalue weighted by Gasteiger charge is -2.08. The van der Waals surface area contributed by atoms with E-state index in [2.05, 4.69) is 20.8 Å². The minimum absolute atomic E-state index is 0.628. The zero-order valence-electron chi connectivity index (χ0n) is 12.7. The lowest BCUT2D eigenvalue weighted by molar-refractivity contribution is 0.728. The number of thioether (sulfide) groups is 1. The number of nitrogens with zero attached hydrogens (tertiary/aromatic N) is 4. The number of benzene rings is 2. The number of para-hydroxylation sites is 1. The predicted octanol–water partition coefficient (Wildman–Crippen LogP) is 3.85. The van der Waals surface area contributed by atoms with Crippen LogP contribution >= 0.6 is 35.0 Å². The van der Waals surface area contributed by atoms with Crippen LogP contribution in [-0.2, 0) is 6.54 Å². The van der Waals surface area contributed by atoms with Crippen LogP contribution in [0.15, 0.2) is 53.7 Å². The largest absolute Gasteiger partial charge is 0.312 e. The number of rotatable bonds is 7. The van der Waals surface area contributed by atoms with Gasteiger partial charge in [0.2, 0.25) is 5.16 Å². The molecule has 8 heteroatoms. The number of nitrogens with one attached hydrogen (secondary N) is 1. The lowest BCUT2D eigenvalue weighted by atomic mass is 10.2. The van der Waals surface area contributed by atoms with Crippen LogP contribution in [0.25, 0.3) is 5.69 Å². The van der Waals surface area contributed by atoms with E-state index in [1.165, 1.54) is 0 Å². The molecule has 0 bridgehead atoms. The van der Waals surface area contributed by atoms with Crippen LogP contribution < -0.4 is 5.32 Å². The van der Waals surface area contributed by atoms with Crippen LogP contribution in [0, 0.1) is 0 Å². The zero-order valence-corrected chi connectivity index (χ0v) is 15.0. The average molecular weight is 380 g/mol. The average Bonchev–Trinajstić information content (AvgIpc) is 3.06. The maximum atomic E-state index is 6.15. The molecule has 0 fully saturated rings. The fourth-order valence-electron chi connectivity index (χ4n) is 2.13. The summed E-state index contributed by atoms with van der Waals surface area (Å²) in [6.45, 7) is 1.41. The quantitative estimate of drug-likeness (QED) is 0.499. The van der Waals surface area contributed by atoms with E-state index >= 15 is 0 Å². The molecule has 1 aromatic heterocycles. The number of hydrogen-bond acceptors (Lipinski definition) is 5. The molecule has 0 saturated heterocycles. The summed E-state index contributed by atoms with van der Waals surface area (Å²) < 4.78 is 1.73. The van der Waals surface area contributed by atoms with Gasteiger partial charge in [-0.3, -0.25) is 0 Å². The third-order valence-corrected chi connectivity index (χ3v) is 4.94. The summed E-state index contributed by atoms with van der Waals surface area (Å²) in [6.07, 6.45) is 0. The Morgan fingerprint density at radius 3 is 2.50 bits per heavy atom. The van der Waals surface area contributed by atoms with Crippen molar-refractivity contribution in [2.24, 2.45) is 0 Å². The molecule has 3 aromatic rings. The molecule has 0 aliphatic heterocycles. The Bertz CT molecular complexity index is 774. The van der Waals surface area contributed by atoms with Gasteiger partial charge in [0.05, 0.1) is 5.69 Å². The molecule has 0 saturated carbocycles. The molecule has 0 aliphatic rings. The summed E-state index contributed by atoms with van der Waals surface area (Å²) in [7, 11) is 0. The fraction of sp³-hybridized carbons (Fsp3) is 0.188. The summed E-state index contributed by atoms with van der Waals surface area (Å²) in [4.78, 5) is 0. The van der Waals surface area contributed by atoms with Crippen molar-refractivity contribution in [3.8, 4) is 5.69 Å². The van der Waals surface area contributed by atoms with Gasteiger partial charge in [0.15, 0.2) is 0 Å². The Balaban J connectivity index is 1.51. The van der Waals surface area contributed by atoms with Crippen molar-refractivity contribution in [3.63, 3.8) is 0 Å². The Hall–Kier alpha value is -1.60. The second-order valence-electron chi connectivity index (χ2n) is 4.93. The van der Waals surface area contributed by atoms with Crippen LogP contribution in [-0.4, -0.2) is 32.5 Å². The Morgan fingerprint density at radius 1 is 1.00 bits per heavy atom. The maximum Gasteiger partial charge on any atom is 0.214 e. The zero-order chi connectivity index (χ0) is 16.8. The van der Waals surface area contributed by atoms with Crippen molar-refractivity contribution in [1.29, 1.82) is 0 Å². The molecule has 0 radical (unpaired) electrons. The normalized spacial score (nSPS) is 10.9. The predicted molar refractivity (Wildman–Crippen MR) is 98.0 cm³/mol. The van der Waals surface area contributed by atoms with Crippen molar-refractivity contribution in [1.82, 2.24) is 25.5 Å². The third kappa shape index (κ3) is 4.27. The number of halogens is 2. The van der Waals surface area contributed by atoms with E-state index < -0.39 is 0 Å². The van der Waals surface area contributed by atoms with Gasteiger partial charge in [0.25, 0.3) is 0 Å². The van der Waals surface area contributed by atoms with Crippen LogP contribution in [0.3, 0.4) is 0 Å². The highest BCUT2D eigenvalue weighted by atomic mass is 35.5. The van der Waals surface area contributed by atoms with Gasteiger partial charge in [-0.05, 0) is 34.7 Å². The molecule has 0 aliphatic carbocycles. The molecule has 1 N–H and O–H groups in total. The minimum Gasteiger partial charge on any atom is -0.312 e. The highest BCUT2D eigenvalue weighted by Crippen LogP contribution is 2.24. The van der Waals surface area contributed by atoms with Gasteiger partial charge in [-0.1, -0.05) is 59.2 Å². The fourth-order valence-corrected chi connectivity index (χ4v) is 3.45. The van der Waals surface area contributed by atoms with Crippen molar-refractivity contribution in [3.05, 3.63) is 64.1 Å². The maximum absolute atomic E-state index is 6.15. The smallest absolute Gasteiger partial charge is 0.214 e. The van der Waals surface area contributed by atoms with E-state index in [1.54, 1.807) is 16.4 Å². The lowest BCUT2D eigenvalue weighted by Crippen LogP contribution is -2.17. The van der Waals surface area contributed by atoms with Crippen LogP contribution in [0.1, 0.15) is 5.56 Å². The summed E-state index contributed by atoms with van der Waals surface area (Å²) in [5.41, 5.74) is 1.86. The van der Waals surface area contributed by atoms with Gasteiger partial charge < -0.3 is 5.32 Å². The van der Waals surface area contributed by atoms with Crippen molar-refractivity contribution in [2.45, 2.75) is 11.7 Å². The highest BCUT2D eigenvalue weighted by Gasteiger charge is 2.08. The summed E-state index contributed by atoms with van der Waals surface area (Å²) in [5.74, 6) is 0.829. The SMILES string of the molecule is Clc1cccc(Cl)c1CNCCSc1nnnn1-c1ccccc1. The van der Waals surface area contributed by atoms with Crippen LogP contribution in [0.4, 0.5) is 0 Å². The highest BCUT2D eigenvalue weighted by molar-refractivity contribution is 7.99. The molecule has 0 unspecified atom stereocenters. The molecule has 0 amide bonds. The molecule has 124 valence electrons. The first-order valence-electron chi connectivity index (χ1n) is 7.36. The van der Waals surface area contributed by atoms with Crippen molar-refractivity contribution < 1.29 is 0 Å². The molecule has 3 rings (SSSR count). The van der Waals surface area contributed by atoms with Crippen LogP contribution in [0.2, 0.25) is 10.0 Å². The first-order valence-corrected chi connectivity index (χ1v) is 9.10. The van der Waals surface area contributed by atoms with Gasteiger partial charge in [0.1, 0.15) is 0 Å². The Labute approximate surface area is 154 Å². The summed E-state index contributed by atoms with van der Waals surface area (Å²) in [5, 5.41) is 17.3. The summed E-state index contributed by atoms with van der Waals surface area (Å²) >= 11 is 13.9. The molecular formula is C16H15Cl2N5S. The standard InChI is InChI=1S/C16H15Cl2N5S/c17-14-7-4-8-15(18)13(14)11-19-9-10-24-16-20-21-22-23(16)12-5-2-1-3-6-12/h1-8,19H,9-11H2. The molecule has 0 spiro atoms. The molecule has 2 aromatic carbocycles. The van der Waals surface area contributed by atoms with Crippen LogP contribution in [0.5, 0.6) is 0 Å². The van der Waals surface area contributed by atoms with E-state index in [4.69, 9.17) is 23.2 Å². The number of tetrazole rings is 1. The first-order chi connectivity index (χ1) is 11.8. The van der Waals surface area contributed by atoms with E-state index in [-0.39, 0.29) is 0 Å². The topological polar surface area (TPSA) is 55.6 Å². The van der Waals surface area contributed by atoms with Gasteiger partial charge in [-0.25, -0.2) is 0 Å². The Morgan fingerprint density at radius 2 is 1.75 bits per heavy atom. The monoisotopic (exact) mass is 379 g/mol.